The van der Waals surface area contributed by atoms with Crippen LogP contribution in [-0.2, 0) is 6.54 Å². The van der Waals surface area contributed by atoms with Crippen LogP contribution in [0.5, 0.6) is 5.75 Å². The number of aliphatic hydroxyl groups excluding tert-OH is 1. The number of hydrogen-bond acceptors (Lipinski definition) is 5. The molecule has 6 nitrogen and oxygen atoms in total. The highest BCUT2D eigenvalue weighted by Gasteiger charge is 2.17. The Labute approximate surface area is 236 Å². The van der Waals surface area contributed by atoms with Gasteiger partial charge in [-0.25, -0.2) is 4.98 Å². The van der Waals surface area contributed by atoms with E-state index in [1.165, 1.54) is 30.0 Å². The molecule has 0 saturated heterocycles. The maximum Gasteiger partial charge on any atom is 0.387 e. The number of alkyl halides is 2. The van der Waals surface area contributed by atoms with Crippen LogP contribution in [0, 0.1) is 0 Å². The zero-order valence-electron chi connectivity index (χ0n) is 22.3. The Balaban J connectivity index is 1.47. The molecule has 0 bridgehead atoms. The second-order valence-corrected chi connectivity index (χ2v) is 10.7. The van der Waals surface area contributed by atoms with Crippen molar-refractivity contribution in [2.24, 2.45) is 10.7 Å². The van der Waals surface area contributed by atoms with Crippen molar-refractivity contribution in [3.05, 3.63) is 89.5 Å². The fourth-order valence-electron chi connectivity index (χ4n) is 4.83. The van der Waals surface area contributed by atoms with Crippen molar-refractivity contribution in [3.63, 3.8) is 0 Å². The van der Waals surface area contributed by atoms with Crippen molar-refractivity contribution < 1.29 is 18.6 Å². The van der Waals surface area contributed by atoms with Gasteiger partial charge in [0.25, 0.3) is 0 Å². The molecule has 1 heterocycles. The number of halogens is 2. The molecule has 9 heteroatoms. The molecule has 3 aromatic carbocycles. The lowest BCUT2D eigenvalue weighted by atomic mass is 9.93. The molecule has 1 unspecified atom stereocenters. The summed E-state index contributed by atoms with van der Waals surface area (Å²) in [5.74, 6) is 0.279. The van der Waals surface area contributed by atoms with E-state index in [0.717, 1.165) is 41.0 Å². The van der Waals surface area contributed by atoms with Gasteiger partial charge >= 0.3 is 6.61 Å². The molecule has 0 aliphatic heterocycles. The quantitative estimate of drug-likeness (QED) is 0.160. The van der Waals surface area contributed by atoms with Gasteiger partial charge in [0.1, 0.15) is 5.75 Å². The van der Waals surface area contributed by atoms with E-state index in [0.29, 0.717) is 28.3 Å². The van der Waals surface area contributed by atoms with E-state index < -0.39 is 12.7 Å². The molecule has 0 fully saturated rings. The average Bonchev–Trinajstić information content (AvgIpc) is 3.39. The minimum absolute atomic E-state index is 0.0591. The van der Waals surface area contributed by atoms with Crippen molar-refractivity contribution in [1.29, 1.82) is 0 Å². The largest absolute Gasteiger partial charge is 0.433 e. The Morgan fingerprint density at radius 2 is 1.88 bits per heavy atom. The maximum absolute atomic E-state index is 12.9. The number of aromatic nitrogens is 1. The maximum atomic E-state index is 12.9. The van der Waals surface area contributed by atoms with Crippen LogP contribution in [0.1, 0.15) is 61.8 Å². The standard InChI is InChI=1S/C31H32F2N4O2S/c1-2-26(38)23-13-11-20(12-14-23)19-37(24-17-15-22(16-18-24)21-7-4-3-5-8-21)30(34)36-31-35-25-9-6-10-27(28(25)40-31)39-29(32)33/h6-7,9-18,26,29,38H,2-5,8,19H2,1H3,(H2,34,35,36). The van der Waals surface area contributed by atoms with E-state index in [2.05, 4.69) is 32.9 Å². The monoisotopic (exact) mass is 562 g/mol. The second kappa shape index (κ2) is 12.6. The number of ether oxygens (including phenoxy) is 1. The number of nitrogens with two attached hydrogens (primary N) is 1. The molecule has 1 aliphatic rings. The minimum Gasteiger partial charge on any atom is -0.433 e. The molecule has 0 spiro atoms. The zero-order chi connectivity index (χ0) is 28.1. The lowest BCUT2D eigenvalue weighted by Gasteiger charge is -2.24. The molecule has 0 amide bonds. The van der Waals surface area contributed by atoms with Crippen LogP contribution < -0.4 is 15.4 Å². The number of rotatable bonds is 9. The lowest BCUT2D eigenvalue weighted by Crippen LogP contribution is -2.36. The summed E-state index contributed by atoms with van der Waals surface area (Å²) in [5.41, 5.74) is 12.4. The van der Waals surface area contributed by atoms with Gasteiger partial charge in [-0.05, 0) is 78.6 Å². The number of allylic oxidation sites excluding steroid dienone is 2. The number of hydrogen-bond donors (Lipinski definition) is 2. The van der Waals surface area contributed by atoms with Gasteiger partial charge in [-0.2, -0.15) is 13.8 Å². The number of aliphatic hydroxyl groups is 1. The normalized spacial score (nSPS) is 14.8. The first-order valence-electron chi connectivity index (χ1n) is 13.4. The van der Waals surface area contributed by atoms with Gasteiger partial charge < -0.3 is 20.5 Å². The Bertz CT molecular complexity index is 1500. The van der Waals surface area contributed by atoms with E-state index in [1.807, 2.05) is 48.2 Å². The van der Waals surface area contributed by atoms with Gasteiger partial charge in [0, 0.05) is 5.69 Å². The molecule has 208 valence electrons. The van der Waals surface area contributed by atoms with Crippen LogP contribution in [0.15, 0.2) is 77.8 Å². The van der Waals surface area contributed by atoms with Gasteiger partial charge in [-0.15, -0.1) is 0 Å². The van der Waals surface area contributed by atoms with E-state index in [-0.39, 0.29) is 11.7 Å². The Kier molecular flexibility index (Phi) is 8.72. The molecule has 1 aliphatic carbocycles. The van der Waals surface area contributed by atoms with Crippen LogP contribution >= 0.6 is 11.3 Å². The van der Waals surface area contributed by atoms with Gasteiger partial charge in [0.05, 0.1) is 22.9 Å². The van der Waals surface area contributed by atoms with Crippen LogP contribution in [-0.4, -0.2) is 22.7 Å². The Morgan fingerprint density at radius 3 is 2.55 bits per heavy atom. The van der Waals surface area contributed by atoms with Crippen molar-refractivity contribution in [2.75, 3.05) is 4.90 Å². The number of anilines is 1. The molecular weight excluding hydrogens is 530 g/mol. The van der Waals surface area contributed by atoms with Gasteiger partial charge in [-0.1, -0.05) is 66.8 Å². The number of nitrogens with zero attached hydrogens (tertiary/aromatic N) is 3. The molecule has 0 radical (unpaired) electrons. The smallest absolute Gasteiger partial charge is 0.387 e. The lowest BCUT2D eigenvalue weighted by molar-refractivity contribution is -0.0486. The van der Waals surface area contributed by atoms with Crippen LogP contribution in [0.25, 0.3) is 15.8 Å². The number of benzene rings is 3. The van der Waals surface area contributed by atoms with Gasteiger partial charge in [0.15, 0.2) is 0 Å². The molecule has 0 saturated carbocycles. The predicted molar refractivity (Wildman–Crippen MR) is 158 cm³/mol. The third kappa shape index (κ3) is 6.48. The van der Waals surface area contributed by atoms with Gasteiger partial charge in [0.2, 0.25) is 11.1 Å². The van der Waals surface area contributed by atoms with E-state index in [4.69, 9.17) is 5.73 Å². The highest BCUT2D eigenvalue weighted by molar-refractivity contribution is 7.22. The minimum atomic E-state index is -2.93. The van der Waals surface area contributed by atoms with E-state index in [1.54, 1.807) is 12.1 Å². The predicted octanol–water partition coefficient (Wildman–Crippen LogP) is 7.95. The highest BCUT2D eigenvalue weighted by atomic mass is 32.1. The summed E-state index contributed by atoms with van der Waals surface area (Å²) in [6.07, 6.45) is 7.08. The van der Waals surface area contributed by atoms with Crippen LogP contribution in [0.3, 0.4) is 0 Å². The first kappa shape index (κ1) is 27.7. The van der Waals surface area contributed by atoms with Crippen molar-refractivity contribution in [2.45, 2.75) is 58.3 Å². The first-order chi connectivity index (χ1) is 19.4. The Morgan fingerprint density at radius 1 is 1.10 bits per heavy atom. The van der Waals surface area contributed by atoms with Crippen molar-refractivity contribution >= 4 is 43.9 Å². The first-order valence-corrected chi connectivity index (χ1v) is 14.3. The molecule has 1 atom stereocenters. The van der Waals surface area contributed by atoms with E-state index >= 15 is 0 Å². The summed E-state index contributed by atoms with van der Waals surface area (Å²) < 4.78 is 30.9. The third-order valence-electron chi connectivity index (χ3n) is 7.00. The fraction of sp³-hybridized carbons (Fsp3) is 0.290. The summed E-state index contributed by atoms with van der Waals surface area (Å²) in [7, 11) is 0. The van der Waals surface area contributed by atoms with Crippen molar-refractivity contribution in [3.8, 4) is 5.75 Å². The SMILES string of the molecule is CCC(O)c1ccc(CN(C(N)=Nc2nc3cccc(OC(F)F)c3s2)c2ccc(C3=CCCCC3)cc2)cc1. The highest BCUT2D eigenvalue weighted by Crippen LogP contribution is 2.36. The fourth-order valence-corrected chi connectivity index (χ4v) is 5.73. The summed E-state index contributed by atoms with van der Waals surface area (Å²) in [6.45, 7) is -0.558. The molecule has 40 heavy (non-hydrogen) atoms. The summed E-state index contributed by atoms with van der Waals surface area (Å²) in [4.78, 5) is 11.0. The number of thiazole rings is 1. The molecule has 3 N–H and O–H groups in total. The Hall–Kier alpha value is -3.82. The number of guanidine groups is 1. The third-order valence-corrected chi connectivity index (χ3v) is 7.98. The molecule has 4 aromatic rings. The zero-order valence-corrected chi connectivity index (χ0v) is 23.1. The summed E-state index contributed by atoms with van der Waals surface area (Å²) in [5, 5.41) is 10.5. The van der Waals surface area contributed by atoms with Gasteiger partial charge in [-0.3, -0.25) is 0 Å². The number of fused-ring (bicyclic) bond motifs is 1. The topological polar surface area (TPSA) is 84.0 Å². The van der Waals surface area contributed by atoms with Crippen LogP contribution in [0.2, 0.25) is 0 Å². The van der Waals surface area contributed by atoms with Crippen LogP contribution in [0.4, 0.5) is 19.6 Å². The summed E-state index contributed by atoms with van der Waals surface area (Å²) in [6, 6.07) is 20.9. The second-order valence-electron chi connectivity index (χ2n) is 9.72. The summed E-state index contributed by atoms with van der Waals surface area (Å²) >= 11 is 1.14. The molecular formula is C31H32F2N4O2S. The molecule has 1 aromatic heterocycles. The average molecular weight is 563 g/mol. The van der Waals surface area contributed by atoms with E-state index in [9.17, 15) is 13.9 Å². The van der Waals surface area contributed by atoms with Crippen molar-refractivity contribution in [1.82, 2.24) is 4.98 Å². The molecule has 5 rings (SSSR count). The number of aliphatic imine (C=N–C) groups is 1.